The molecule has 0 atom stereocenters. The molecule has 2 aromatic carbocycles. The number of phenolic OH excluding ortho intramolecular Hbond substituents is 1. The van der Waals surface area contributed by atoms with Crippen molar-refractivity contribution in [1.29, 1.82) is 0 Å². The molecule has 2 N–H and O–H groups in total. The highest BCUT2D eigenvalue weighted by atomic mass is 32.2. The fourth-order valence-electron chi connectivity index (χ4n) is 3.87. The van der Waals surface area contributed by atoms with Gasteiger partial charge in [0.2, 0.25) is 10.0 Å². The molecule has 0 radical (unpaired) electrons. The van der Waals surface area contributed by atoms with E-state index in [1.165, 1.54) is 22.5 Å². The maximum atomic E-state index is 13.0. The zero-order valence-electron chi connectivity index (χ0n) is 18.2. The first-order chi connectivity index (χ1) is 15.7. The third kappa shape index (κ3) is 4.55. The fraction of sp³-hybridized carbons (Fsp3) is 0.318. The van der Waals surface area contributed by atoms with Gasteiger partial charge in [0, 0.05) is 19.2 Å². The molecule has 0 spiro atoms. The Hall–Kier alpha value is -3.44. The lowest BCUT2D eigenvalue weighted by molar-refractivity contribution is 0.344. The van der Waals surface area contributed by atoms with Gasteiger partial charge in [-0.25, -0.2) is 13.2 Å². The monoisotopic (exact) mass is 472 g/mol. The molecule has 1 aliphatic heterocycles. The fourth-order valence-corrected chi connectivity index (χ4v) is 5.49. The highest BCUT2D eigenvalue weighted by Crippen LogP contribution is 2.35. The molecule has 1 fully saturated rings. The number of benzene rings is 2. The lowest BCUT2D eigenvalue weighted by atomic mass is 10.1. The second-order valence-electron chi connectivity index (χ2n) is 7.96. The Morgan fingerprint density at radius 2 is 1.70 bits per heavy atom. The largest absolute Gasteiger partial charge is 0.507 e. The number of aryl methyl sites for hydroxylation is 2. The van der Waals surface area contributed by atoms with Crippen LogP contribution in [0.2, 0.25) is 0 Å². The number of phenols is 1. The van der Waals surface area contributed by atoms with Crippen LogP contribution in [-0.4, -0.2) is 45.7 Å². The van der Waals surface area contributed by atoms with Crippen molar-refractivity contribution in [3.63, 3.8) is 0 Å². The van der Waals surface area contributed by atoms with Crippen molar-refractivity contribution in [3.8, 4) is 22.9 Å². The minimum atomic E-state index is -3.85. The van der Waals surface area contributed by atoms with Crippen molar-refractivity contribution in [1.82, 2.24) is 19.1 Å². The molecule has 0 saturated carbocycles. The molecule has 33 heavy (non-hydrogen) atoms. The molecule has 0 amide bonds. The molecule has 1 aromatic heterocycles. The van der Waals surface area contributed by atoms with E-state index < -0.39 is 21.3 Å². The van der Waals surface area contributed by atoms with E-state index in [0.29, 0.717) is 35.7 Å². The van der Waals surface area contributed by atoms with Crippen molar-refractivity contribution in [2.45, 2.75) is 38.0 Å². The summed E-state index contributed by atoms with van der Waals surface area (Å²) in [6, 6.07) is 7.45. The average molecular weight is 473 g/mol. The molecule has 1 saturated heterocycles. The van der Waals surface area contributed by atoms with Crippen LogP contribution in [0.3, 0.4) is 0 Å². The summed E-state index contributed by atoms with van der Waals surface area (Å²) >= 11 is 0. The van der Waals surface area contributed by atoms with Crippen molar-refractivity contribution in [3.05, 3.63) is 68.5 Å². The molecule has 0 unspecified atom stereocenters. The third-order valence-electron chi connectivity index (χ3n) is 5.49. The lowest BCUT2D eigenvalue weighted by Gasteiger charge is -2.26. The smallest absolute Gasteiger partial charge is 0.349 e. The van der Waals surface area contributed by atoms with Gasteiger partial charge in [-0.1, -0.05) is 6.42 Å². The molecular formula is C22H24N4O6S. The lowest BCUT2D eigenvalue weighted by Crippen LogP contribution is -2.35. The number of nitrogens with zero attached hydrogens (tertiary/aromatic N) is 3. The summed E-state index contributed by atoms with van der Waals surface area (Å²) in [6.07, 6.45) is 3.57. The summed E-state index contributed by atoms with van der Waals surface area (Å²) in [5, 5.41) is 14.1. The van der Waals surface area contributed by atoms with Crippen LogP contribution >= 0.6 is 0 Å². The van der Waals surface area contributed by atoms with Crippen LogP contribution in [0.15, 0.2) is 51.0 Å². The number of piperidine rings is 1. The quantitative estimate of drug-likeness (QED) is 0.581. The predicted octanol–water partition coefficient (Wildman–Crippen LogP) is 2.21. The second-order valence-corrected chi connectivity index (χ2v) is 9.86. The van der Waals surface area contributed by atoms with E-state index >= 15 is 0 Å². The summed E-state index contributed by atoms with van der Waals surface area (Å²) in [7, 11) is -3.85. The summed E-state index contributed by atoms with van der Waals surface area (Å²) in [6.45, 7) is 4.39. The predicted molar refractivity (Wildman–Crippen MR) is 121 cm³/mol. The Kier molecular flexibility index (Phi) is 6.09. The summed E-state index contributed by atoms with van der Waals surface area (Å²) in [4.78, 5) is 25.3. The van der Waals surface area contributed by atoms with Crippen molar-refractivity contribution >= 4 is 10.0 Å². The van der Waals surface area contributed by atoms with Gasteiger partial charge in [-0.3, -0.25) is 9.78 Å². The van der Waals surface area contributed by atoms with Gasteiger partial charge < -0.3 is 9.84 Å². The van der Waals surface area contributed by atoms with Gasteiger partial charge in [0.1, 0.15) is 28.3 Å². The first-order valence-corrected chi connectivity index (χ1v) is 11.9. The Bertz CT molecular complexity index is 1400. The van der Waals surface area contributed by atoms with Crippen molar-refractivity contribution in [2.24, 2.45) is 0 Å². The molecule has 4 rings (SSSR count). The Morgan fingerprint density at radius 1 is 1.03 bits per heavy atom. The number of aromatic nitrogens is 3. The molecule has 2 heterocycles. The number of hydrogen-bond donors (Lipinski definition) is 2. The van der Waals surface area contributed by atoms with Crippen LogP contribution in [0, 0.1) is 13.8 Å². The minimum Gasteiger partial charge on any atom is -0.507 e. The van der Waals surface area contributed by atoms with Crippen LogP contribution in [-0.2, 0) is 10.0 Å². The van der Waals surface area contributed by atoms with Crippen molar-refractivity contribution < 1.29 is 18.3 Å². The van der Waals surface area contributed by atoms with Gasteiger partial charge in [0.25, 0.3) is 5.56 Å². The van der Waals surface area contributed by atoms with Gasteiger partial charge in [0.15, 0.2) is 0 Å². The number of H-pyrrole nitrogens is 1. The van der Waals surface area contributed by atoms with Crippen LogP contribution < -0.4 is 16.0 Å². The molecule has 1 aliphatic rings. The molecule has 10 nitrogen and oxygen atoms in total. The SMILES string of the molecule is Cc1cc(-n2ncc(=O)[nH]c2=O)cc(C)c1Oc1ccc(O)c(S(=O)(=O)N2CCCCC2)c1. The van der Waals surface area contributed by atoms with Gasteiger partial charge in [-0.05, 0) is 62.1 Å². The van der Waals surface area contributed by atoms with E-state index in [1.54, 1.807) is 26.0 Å². The van der Waals surface area contributed by atoms with E-state index in [1.807, 2.05) is 0 Å². The number of ether oxygens (including phenoxy) is 1. The molecule has 174 valence electrons. The number of hydrogen-bond acceptors (Lipinski definition) is 7. The van der Waals surface area contributed by atoms with Crippen LogP contribution in [0.1, 0.15) is 30.4 Å². The van der Waals surface area contributed by atoms with E-state index in [-0.39, 0.29) is 16.4 Å². The Labute approximate surface area is 190 Å². The second kappa shape index (κ2) is 8.83. The first-order valence-electron chi connectivity index (χ1n) is 10.5. The zero-order valence-corrected chi connectivity index (χ0v) is 19.1. The highest BCUT2D eigenvalue weighted by molar-refractivity contribution is 7.89. The number of aromatic amines is 1. The van der Waals surface area contributed by atoms with Gasteiger partial charge in [-0.2, -0.15) is 14.1 Å². The average Bonchev–Trinajstić information content (AvgIpc) is 2.77. The number of nitrogens with one attached hydrogen (secondary N) is 1. The first kappa shape index (κ1) is 22.7. The molecule has 0 aliphatic carbocycles. The van der Waals surface area contributed by atoms with Crippen LogP contribution in [0.4, 0.5) is 0 Å². The summed E-state index contributed by atoms with van der Waals surface area (Å²) < 4.78 is 34.5. The number of rotatable bonds is 5. The van der Waals surface area contributed by atoms with Gasteiger partial charge in [0.05, 0.1) is 5.69 Å². The van der Waals surface area contributed by atoms with Crippen LogP contribution in [0.25, 0.3) is 5.69 Å². The van der Waals surface area contributed by atoms with Gasteiger partial charge >= 0.3 is 5.69 Å². The van der Waals surface area contributed by atoms with Gasteiger partial charge in [-0.15, -0.1) is 0 Å². The number of sulfonamides is 1. The zero-order chi connectivity index (χ0) is 23.8. The summed E-state index contributed by atoms with van der Waals surface area (Å²) in [5.41, 5.74) is 0.517. The van der Waals surface area contributed by atoms with Crippen LogP contribution in [0.5, 0.6) is 17.2 Å². The highest BCUT2D eigenvalue weighted by Gasteiger charge is 2.29. The Morgan fingerprint density at radius 3 is 2.33 bits per heavy atom. The van der Waals surface area contributed by atoms with E-state index in [2.05, 4.69) is 10.1 Å². The Balaban J connectivity index is 1.68. The molecular weight excluding hydrogens is 448 g/mol. The maximum Gasteiger partial charge on any atom is 0.349 e. The minimum absolute atomic E-state index is 0.196. The summed E-state index contributed by atoms with van der Waals surface area (Å²) in [5.74, 6) is 0.394. The number of aromatic hydroxyl groups is 1. The molecule has 3 aromatic rings. The standard InChI is InChI=1S/C22H24N4O6S/c1-14-10-16(26-22(29)24-20(28)13-23-26)11-15(2)21(14)32-17-6-7-18(27)19(12-17)33(30,31)25-8-4-3-5-9-25/h6-7,10-13,27H,3-5,8-9H2,1-2H3,(H,24,28,29). The van der Waals surface area contributed by atoms with Crippen molar-refractivity contribution in [2.75, 3.05) is 13.1 Å². The third-order valence-corrected chi connectivity index (χ3v) is 7.41. The topological polar surface area (TPSA) is 135 Å². The molecule has 0 bridgehead atoms. The van der Waals surface area contributed by atoms with E-state index in [4.69, 9.17) is 4.74 Å². The van der Waals surface area contributed by atoms with E-state index in [9.17, 15) is 23.1 Å². The molecule has 11 heteroatoms. The van der Waals surface area contributed by atoms with E-state index in [0.717, 1.165) is 30.1 Å². The maximum absolute atomic E-state index is 13.0. The normalized spacial score (nSPS) is 14.8.